The van der Waals surface area contributed by atoms with Crippen LogP contribution in [-0.4, -0.2) is 13.1 Å². The van der Waals surface area contributed by atoms with Crippen molar-refractivity contribution in [2.45, 2.75) is 24.9 Å². The molecule has 1 saturated heterocycles. The molecule has 0 amide bonds. The smallest absolute Gasteiger partial charge is 0.338 e. The first-order chi connectivity index (χ1) is 7.31. The van der Waals surface area contributed by atoms with Gasteiger partial charge in [0.05, 0.1) is 12.7 Å². The van der Waals surface area contributed by atoms with Gasteiger partial charge in [-0.2, -0.15) is 0 Å². The van der Waals surface area contributed by atoms with Crippen molar-refractivity contribution in [2.24, 2.45) is 0 Å². The van der Waals surface area contributed by atoms with Crippen LogP contribution in [0.25, 0.3) is 0 Å². The van der Waals surface area contributed by atoms with Crippen LogP contribution in [-0.2, 0) is 4.74 Å². The third-order valence-corrected chi connectivity index (χ3v) is 3.42. The molecule has 3 nitrogen and oxygen atoms in total. The van der Waals surface area contributed by atoms with Crippen molar-refractivity contribution in [3.63, 3.8) is 0 Å². The minimum absolute atomic E-state index is 0.221. The lowest BCUT2D eigenvalue weighted by Gasteiger charge is -2.15. The number of benzene rings is 1. The maximum atomic E-state index is 11.6. The molecule has 3 rings (SSSR count). The Morgan fingerprint density at radius 2 is 2.20 bits per heavy atom. The summed E-state index contributed by atoms with van der Waals surface area (Å²) < 4.78 is 4.80. The monoisotopic (exact) mass is 203 g/mol. The Morgan fingerprint density at radius 3 is 3.00 bits per heavy atom. The minimum atomic E-state index is -0.221. The van der Waals surface area contributed by atoms with Gasteiger partial charge in [-0.05, 0) is 30.0 Å². The average molecular weight is 203 g/mol. The highest BCUT2D eigenvalue weighted by atomic mass is 16.5. The van der Waals surface area contributed by atoms with Gasteiger partial charge in [0.15, 0.2) is 0 Å². The molecule has 1 aromatic rings. The zero-order valence-corrected chi connectivity index (χ0v) is 8.62. The van der Waals surface area contributed by atoms with Crippen LogP contribution < -0.4 is 5.32 Å². The molecule has 0 aliphatic carbocycles. The van der Waals surface area contributed by atoms with Gasteiger partial charge >= 0.3 is 5.97 Å². The number of hydrogen-bond acceptors (Lipinski definition) is 3. The number of ether oxygens (including phenoxy) is 1. The van der Waals surface area contributed by atoms with E-state index in [1.54, 1.807) is 0 Å². The molecule has 78 valence electrons. The number of esters is 1. The zero-order valence-electron chi connectivity index (χ0n) is 8.62. The highest BCUT2D eigenvalue weighted by molar-refractivity contribution is 5.92. The van der Waals surface area contributed by atoms with E-state index in [-0.39, 0.29) is 5.97 Å². The van der Waals surface area contributed by atoms with Crippen LogP contribution in [0.2, 0.25) is 0 Å². The van der Waals surface area contributed by atoms with E-state index in [9.17, 15) is 4.79 Å². The number of hydrogen-bond donors (Lipinski definition) is 1. The molecule has 2 heterocycles. The number of nitrogens with one attached hydrogen (secondary N) is 1. The first-order valence-electron chi connectivity index (χ1n) is 5.28. The molecule has 2 aliphatic rings. The van der Waals surface area contributed by atoms with E-state index in [0.29, 0.717) is 12.1 Å². The van der Waals surface area contributed by atoms with Gasteiger partial charge in [0.2, 0.25) is 0 Å². The van der Waals surface area contributed by atoms with Gasteiger partial charge in [0.1, 0.15) is 0 Å². The van der Waals surface area contributed by atoms with Gasteiger partial charge in [-0.15, -0.1) is 0 Å². The second kappa shape index (κ2) is 3.07. The van der Waals surface area contributed by atoms with Crippen LogP contribution in [0.1, 0.15) is 46.4 Å². The maximum absolute atomic E-state index is 11.6. The van der Waals surface area contributed by atoms with E-state index in [1.165, 1.54) is 24.7 Å². The van der Waals surface area contributed by atoms with Crippen molar-refractivity contribution in [1.29, 1.82) is 0 Å². The number of methoxy groups -OCH3 is 1. The summed E-state index contributed by atoms with van der Waals surface area (Å²) in [5.41, 5.74) is 3.18. The Hall–Kier alpha value is -1.35. The van der Waals surface area contributed by atoms with E-state index in [0.717, 1.165) is 12.0 Å². The summed E-state index contributed by atoms with van der Waals surface area (Å²) in [5.74, 6) is -0.221. The lowest BCUT2D eigenvalue weighted by molar-refractivity contribution is 0.0599. The molecule has 1 fully saturated rings. The summed E-state index contributed by atoms with van der Waals surface area (Å²) >= 11 is 0. The molecule has 0 spiro atoms. The SMILES string of the molecule is COC(=O)c1cccc2c1C1CCC2N1. The standard InChI is InChI=1S/C12H13NO2/c1-15-12(14)8-4-2-3-7-9-5-6-10(13-9)11(7)8/h2-4,9-10,13H,5-6H2,1H3. The molecule has 0 saturated carbocycles. The van der Waals surface area contributed by atoms with E-state index in [2.05, 4.69) is 11.4 Å². The van der Waals surface area contributed by atoms with Crippen molar-refractivity contribution in [3.05, 3.63) is 34.9 Å². The van der Waals surface area contributed by atoms with E-state index >= 15 is 0 Å². The van der Waals surface area contributed by atoms with Crippen molar-refractivity contribution in [3.8, 4) is 0 Å². The maximum Gasteiger partial charge on any atom is 0.338 e. The Labute approximate surface area is 88.4 Å². The molecule has 0 aromatic heterocycles. The highest BCUT2D eigenvalue weighted by Crippen LogP contribution is 2.46. The summed E-state index contributed by atoms with van der Waals surface area (Å²) in [7, 11) is 1.43. The van der Waals surface area contributed by atoms with Crippen LogP contribution in [0.5, 0.6) is 0 Å². The normalized spacial score (nSPS) is 26.5. The molecule has 1 aromatic carbocycles. The third-order valence-electron chi connectivity index (χ3n) is 3.42. The summed E-state index contributed by atoms with van der Waals surface area (Å²) in [6.07, 6.45) is 2.31. The van der Waals surface area contributed by atoms with Crippen molar-refractivity contribution in [2.75, 3.05) is 7.11 Å². The van der Waals surface area contributed by atoms with Crippen LogP contribution >= 0.6 is 0 Å². The van der Waals surface area contributed by atoms with Crippen LogP contribution in [0.3, 0.4) is 0 Å². The van der Waals surface area contributed by atoms with Gasteiger partial charge in [-0.3, -0.25) is 0 Å². The average Bonchev–Trinajstić information content (AvgIpc) is 2.88. The third kappa shape index (κ3) is 1.13. The predicted molar refractivity (Wildman–Crippen MR) is 55.6 cm³/mol. The predicted octanol–water partition coefficient (Wildman–Crippen LogP) is 1.95. The largest absolute Gasteiger partial charge is 0.465 e. The van der Waals surface area contributed by atoms with Crippen molar-refractivity contribution >= 4 is 5.97 Å². The fraction of sp³-hybridized carbons (Fsp3) is 0.417. The van der Waals surface area contributed by atoms with Crippen molar-refractivity contribution < 1.29 is 9.53 Å². The summed E-state index contributed by atoms with van der Waals surface area (Å²) in [5, 5.41) is 3.50. The number of fused-ring (bicyclic) bond motifs is 5. The van der Waals surface area contributed by atoms with Gasteiger partial charge < -0.3 is 10.1 Å². The van der Waals surface area contributed by atoms with Gasteiger partial charge in [0, 0.05) is 12.1 Å². The number of carbonyl (C=O) groups excluding carboxylic acids is 1. The topological polar surface area (TPSA) is 38.3 Å². The number of carbonyl (C=O) groups is 1. The molecule has 15 heavy (non-hydrogen) atoms. The van der Waals surface area contributed by atoms with Gasteiger partial charge in [-0.25, -0.2) is 4.79 Å². The quantitative estimate of drug-likeness (QED) is 0.709. The molecule has 2 unspecified atom stereocenters. The molecule has 2 aliphatic heterocycles. The molecular weight excluding hydrogens is 190 g/mol. The van der Waals surface area contributed by atoms with Gasteiger partial charge in [0.25, 0.3) is 0 Å². The van der Waals surface area contributed by atoms with Crippen LogP contribution in [0.15, 0.2) is 18.2 Å². The Morgan fingerprint density at radius 1 is 1.40 bits per heavy atom. The highest BCUT2D eigenvalue weighted by Gasteiger charge is 2.38. The first kappa shape index (κ1) is 8.92. The molecule has 3 heteroatoms. The zero-order chi connectivity index (χ0) is 10.4. The van der Waals surface area contributed by atoms with Crippen LogP contribution in [0, 0.1) is 0 Å². The van der Waals surface area contributed by atoms with Gasteiger partial charge in [-0.1, -0.05) is 12.1 Å². The lowest BCUT2D eigenvalue weighted by atomic mass is 9.88. The first-order valence-corrected chi connectivity index (χ1v) is 5.28. The minimum Gasteiger partial charge on any atom is -0.465 e. The fourth-order valence-corrected chi connectivity index (χ4v) is 2.78. The van der Waals surface area contributed by atoms with E-state index < -0.39 is 0 Å². The summed E-state index contributed by atoms with van der Waals surface area (Å²) in [6.45, 7) is 0. The molecule has 1 N–H and O–H groups in total. The summed E-state index contributed by atoms with van der Waals surface area (Å²) in [6, 6.07) is 6.72. The summed E-state index contributed by atoms with van der Waals surface area (Å²) in [4.78, 5) is 11.6. The molecule has 2 atom stereocenters. The van der Waals surface area contributed by atoms with Crippen LogP contribution in [0.4, 0.5) is 0 Å². The van der Waals surface area contributed by atoms with E-state index in [4.69, 9.17) is 4.74 Å². The fourth-order valence-electron chi connectivity index (χ4n) is 2.78. The second-order valence-corrected chi connectivity index (χ2v) is 4.15. The van der Waals surface area contributed by atoms with Crippen molar-refractivity contribution in [1.82, 2.24) is 5.32 Å². The lowest BCUT2D eigenvalue weighted by Crippen LogP contribution is -2.11. The second-order valence-electron chi connectivity index (χ2n) is 4.15. The van der Waals surface area contributed by atoms with E-state index in [1.807, 2.05) is 12.1 Å². The molecule has 2 bridgehead atoms. The number of rotatable bonds is 1. The Kier molecular flexibility index (Phi) is 1.83. The Bertz CT molecular complexity index is 428. The Balaban J connectivity index is 2.15. The molecule has 0 radical (unpaired) electrons. The molecular formula is C12H13NO2.